The fourth-order valence-electron chi connectivity index (χ4n) is 4.18. The summed E-state index contributed by atoms with van der Waals surface area (Å²) in [5.41, 5.74) is 4.95. The zero-order valence-corrected chi connectivity index (χ0v) is 20.6. The van der Waals surface area contributed by atoms with Crippen LogP contribution in [0.15, 0.2) is 65.8 Å². The Morgan fingerprint density at radius 3 is 2.47 bits per heavy atom. The number of aliphatic imine (C=N–C) groups is 1. The monoisotopic (exact) mass is 514 g/mol. The summed E-state index contributed by atoms with van der Waals surface area (Å²) in [6.07, 6.45) is 1.38. The number of methoxy groups -OCH3 is 1. The third-order valence-corrected chi connectivity index (χ3v) is 8.96. The summed E-state index contributed by atoms with van der Waals surface area (Å²) in [6.45, 7) is 2.79. The van der Waals surface area contributed by atoms with Crippen molar-refractivity contribution in [3.8, 4) is 5.75 Å². The molecule has 0 radical (unpaired) electrons. The van der Waals surface area contributed by atoms with E-state index in [1.165, 1.54) is 63.6 Å². The van der Waals surface area contributed by atoms with E-state index in [9.17, 15) is 22.0 Å². The van der Waals surface area contributed by atoms with Crippen molar-refractivity contribution in [2.24, 2.45) is 10.7 Å². The summed E-state index contributed by atoms with van der Waals surface area (Å²) >= 11 is 0. The predicted molar refractivity (Wildman–Crippen MR) is 132 cm³/mol. The van der Waals surface area contributed by atoms with Crippen molar-refractivity contribution in [2.75, 3.05) is 18.2 Å². The SMILES string of the molecule is COc1ccc(C(=O)Nc2ccc(F)c(C3(C)CS(=O)(=O)C(C)(c4cccc(F)c4)C(N)=N3)c2)nc1. The highest BCUT2D eigenvalue weighted by atomic mass is 32.2. The van der Waals surface area contributed by atoms with Crippen molar-refractivity contribution in [3.05, 3.63) is 89.2 Å². The van der Waals surface area contributed by atoms with Crippen LogP contribution in [0.3, 0.4) is 0 Å². The molecule has 0 spiro atoms. The number of ether oxygens (including phenoxy) is 1. The van der Waals surface area contributed by atoms with E-state index >= 15 is 0 Å². The fraction of sp³-hybridized carbons (Fsp3) is 0.240. The van der Waals surface area contributed by atoms with Gasteiger partial charge in [-0.1, -0.05) is 12.1 Å². The average molecular weight is 515 g/mol. The van der Waals surface area contributed by atoms with Gasteiger partial charge >= 0.3 is 0 Å². The van der Waals surface area contributed by atoms with Gasteiger partial charge in [-0.05, 0) is 61.9 Å². The van der Waals surface area contributed by atoms with Crippen LogP contribution in [0.1, 0.15) is 35.5 Å². The Labute approximate surface area is 207 Å². The number of anilines is 1. The van der Waals surface area contributed by atoms with Crippen molar-refractivity contribution in [1.29, 1.82) is 0 Å². The number of sulfone groups is 1. The van der Waals surface area contributed by atoms with E-state index in [0.717, 1.165) is 12.1 Å². The topological polar surface area (TPSA) is 124 Å². The van der Waals surface area contributed by atoms with Crippen molar-refractivity contribution >= 4 is 27.3 Å². The zero-order valence-electron chi connectivity index (χ0n) is 19.7. The van der Waals surface area contributed by atoms with E-state index in [4.69, 9.17) is 10.5 Å². The third-order valence-electron chi connectivity index (χ3n) is 6.33. The number of hydrogen-bond acceptors (Lipinski definition) is 7. The molecule has 0 bridgehead atoms. The summed E-state index contributed by atoms with van der Waals surface area (Å²) in [5, 5.41) is 2.62. The Balaban J connectivity index is 1.71. The Kier molecular flexibility index (Phi) is 6.29. The highest BCUT2D eigenvalue weighted by Crippen LogP contribution is 2.43. The molecule has 188 valence electrons. The van der Waals surface area contributed by atoms with Gasteiger partial charge in [0.05, 0.1) is 19.1 Å². The second kappa shape index (κ2) is 8.98. The normalized spacial score (nSPS) is 23.0. The molecule has 1 amide bonds. The molecule has 1 aliphatic heterocycles. The van der Waals surface area contributed by atoms with Crippen molar-refractivity contribution in [2.45, 2.75) is 24.1 Å². The number of halogens is 2. The molecule has 2 unspecified atom stereocenters. The molecule has 8 nitrogen and oxygen atoms in total. The lowest BCUT2D eigenvalue weighted by Gasteiger charge is -2.40. The summed E-state index contributed by atoms with van der Waals surface area (Å²) in [5.74, 6) is -2.31. The molecule has 36 heavy (non-hydrogen) atoms. The molecular weight excluding hydrogens is 490 g/mol. The van der Waals surface area contributed by atoms with Crippen LogP contribution in [0.4, 0.5) is 14.5 Å². The maximum Gasteiger partial charge on any atom is 0.274 e. The van der Waals surface area contributed by atoms with Crippen LogP contribution < -0.4 is 15.8 Å². The van der Waals surface area contributed by atoms with Crippen LogP contribution in [0.5, 0.6) is 5.75 Å². The molecule has 11 heteroatoms. The number of aromatic nitrogens is 1. The minimum Gasteiger partial charge on any atom is -0.495 e. The first-order chi connectivity index (χ1) is 16.9. The Morgan fingerprint density at radius 2 is 1.86 bits per heavy atom. The number of benzene rings is 2. The Bertz CT molecular complexity index is 1480. The van der Waals surface area contributed by atoms with Crippen LogP contribution in [-0.4, -0.2) is 38.0 Å². The zero-order chi connectivity index (χ0) is 26.3. The molecule has 0 saturated heterocycles. The van der Waals surface area contributed by atoms with E-state index in [-0.39, 0.29) is 28.3 Å². The second-order valence-electron chi connectivity index (χ2n) is 8.81. The minimum absolute atomic E-state index is 0.0733. The molecule has 1 aliphatic rings. The summed E-state index contributed by atoms with van der Waals surface area (Å²) in [7, 11) is -2.63. The van der Waals surface area contributed by atoms with Crippen molar-refractivity contribution < 1.29 is 26.7 Å². The number of nitrogens with one attached hydrogen (secondary N) is 1. The number of pyridine rings is 1. The first-order valence-electron chi connectivity index (χ1n) is 10.9. The van der Waals surface area contributed by atoms with E-state index in [2.05, 4.69) is 15.3 Å². The second-order valence-corrected chi connectivity index (χ2v) is 11.1. The molecule has 0 fully saturated rings. The Morgan fingerprint density at radius 1 is 1.11 bits per heavy atom. The number of hydrogen-bond donors (Lipinski definition) is 2. The molecule has 3 aromatic rings. The molecule has 4 rings (SSSR count). The fourth-order valence-corrected chi connectivity index (χ4v) is 6.27. The molecular formula is C25H24F2N4O4S. The summed E-state index contributed by atoms with van der Waals surface area (Å²) in [4.78, 5) is 21.0. The van der Waals surface area contributed by atoms with E-state index in [1.54, 1.807) is 6.07 Å². The number of carbonyl (C=O) groups excluding carboxylic acids is 1. The lowest BCUT2D eigenvalue weighted by molar-refractivity contribution is 0.102. The van der Waals surface area contributed by atoms with Gasteiger partial charge in [-0.3, -0.25) is 9.79 Å². The van der Waals surface area contributed by atoms with Gasteiger partial charge in [-0.15, -0.1) is 0 Å². The maximum atomic E-state index is 15.0. The summed E-state index contributed by atoms with van der Waals surface area (Å²) < 4.78 is 59.2. The maximum absolute atomic E-state index is 15.0. The number of amides is 1. The highest BCUT2D eigenvalue weighted by Gasteiger charge is 2.53. The number of rotatable bonds is 5. The van der Waals surface area contributed by atoms with Gasteiger partial charge in [-0.25, -0.2) is 22.2 Å². The van der Waals surface area contributed by atoms with E-state index in [1.807, 2.05) is 0 Å². The largest absolute Gasteiger partial charge is 0.495 e. The van der Waals surface area contributed by atoms with Crippen LogP contribution in [0, 0.1) is 11.6 Å². The third kappa shape index (κ3) is 4.30. The van der Waals surface area contributed by atoms with Crippen LogP contribution in [0.25, 0.3) is 0 Å². The lowest BCUT2D eigenvalue weighted by atomic mass is 9.91. The highest BCUT2D eigenvalue weighted by molar-refractivity contribution is 7.93. The standard InChI is InChI=1S/C25H24F2N4O4S/c1-24(14-36(33,34)25(2,23(28)31-24)15-5-4-6-16(26)11-15)19-12-17(7-9-20(19)27)30-22(32)21-10-8-18(35-3)13-29-21/h4-13H,14H2,1-3H3,(H2,28,31)(H,30,32). The van der Waals surface area contributed by atoms with Gasteiger partial charge in [0.2, 0.25) is 0 Å². The predicted octanol–water partition coefficient (Wildman–Crippen LogP) is 3.54. The van der Waals surface area contributed by atoms with Gasteiger partial charge < -0.3 is 15.8 Å². The number of carbonyl (C=O) groups is 1. The molecule has 1 aromatic heterocycles. The average Bonchev–Trinajstić information content (AvgIpc) is 2.83. The quantitative estimate of drug-likeness (QED) is 0.537. The van der Waals surface area contributed by atoms with Crippen molar-refractivity contribution in [1.82, 2.24) is 4.98 Å². The number of nitrogens with zero attached hydrogens (tertiary/aromatic N) is 2. The molecule has 2 heterocycles. The lowest BCUT2D eigenvalue weighted by Crippen LogP contribution is -2.54. The van der Waals surface area contributed by atoms with Crippen LogP contribution in [-0.2, 0) is 20.1 Å². The first kappa shape index (κ1) is 25.2. The van der Waals surface area contributed by atoms with Gasteiger partial charge in [-0.2, -0.15) is 0 Å². The molecule has 3 N–H and O–H groups in total. The molecule has 2 aromatic carbocycles. The van der Waals surface area contributed by atoms with Gasteiger partial charge in [0.1, 0.15) is 34.5 Å². The van der Waals surface area contributed by atoms with Gasteiger partial charge in [0, 0.05) is 11.3 Å². The minimum atomic E-state index is -4.10. The van der Waals surface area contributed by atoms with E-state index in [0.29, 0.717) is 5.75 Å². The van der Waals surface area contributed by atoms with Crippen molar-refractivity contribution in [3.63, 3.8) is 0 Å². The molecule has 0 aliphatic carbocycles. The summed E-state index contributed by atoms with van der Waals surface area (Å²) in [6, 6.07) is 11.9. The molecule has 0 saturated carbocycles. The number of amidine groups is 1. The van der Waals surface area contributed by atoms with Gasteiger partial charge in [0.25, 0.3) is 5.91 Å². The smallest absolute Gasteiger partial charge is 0.274 e. The Hall–Kier alpha value is -3.86. The van der Waals surface area contributed by atoms with Crippen LogP contribution in [0.2, 0.25) is 0 Å². The van der Waals surface area contributed by atoms with Crippen LogP contribution >= 0.6 is 0 Å². The number of nitrogens with two attached hydrogens (primary N) is 1. The van der Waals surface area contributed by atoms with E-state index < -0.39 is 43.4 Å². The first-order valence-corrected chi connectivity index (χ1v) is 12.5. The molecule has 2 atom stereocenters. The van der Waals surface area contributed by atoms with Gasteiger partial charge in [0.15, 0.2) is 14.6 Å².